The Labute approximate surface area is 157 Å². The second-order valence-corrected chi connectivity index (χ2v) is 7.65. The topological polar surface area (TPSA) is 52.7 Å². The third-order valence-corrected chi connectivity index (χ3v) is 5.71. The summed E-state index contributed by atoms with van der Waals surface area (Å²) in [5.41, 5.74) is 2.17. The molecule has 2 amide bonds. The first-order valence-electron chi connectivity index (χ1n) is 9.63. The molecule has 144 valence electrons. The van der Waals surface area contributed by atoms with Crippen LogP contribution < -0.4 is 5.32 Å². The van der Waals surface area contributed by atoms with E-state index in [-0.39, 0.29) is 11.8 Å². The van der Waals surface area contributed by atoms with Crippen molar-refractivity contribution in [3.8, 4) is 0 Å². The van der Waals surface area contributed by atoms with Gasteiger partial charge in [0.2, 0.25) is 11.8 Å². The highest BCUT2D eigenvalue weighted by atomic mass is 16.2. The fourth-order valence-corrected chi connectivity index (χ4v) is 4.10. The first-order chi connectivity index (χ1) is 12.2. The molecule has 1 saturated heterocycles. The second kappa shape index (κ2) is 8.21. The molecule has 0 atom stereocenters. The summed E-state index contributed by atoms with van der Waals surface area (Å²) >= 11 is 0. The maximum atomic E-state index is 13.5. The number of carbonyl (C=O) groups excluding carboxylic acids is 2. The van der Waals surface area contributed by atoms with Gasteiger partial charge in [-0.3, -0.25) is 9.59 Å². The maximum absolute atomic E-state index is 13.5. The second-order valence-electron chi connectivity index (χ2n) is 7.65. The number of rotatable bonds is 5. The number of nitrogens with zero attached hydrogens (tertiary/aromatic N) is 2. The molecular weight excluding hydrogens is 326 g/mol. The van der Waals surface area contributed by atoms with Crippen LogP contribution in [0.25, 0.3) is 0 Å². The summed E-state index contributed by atoms with van der Waals surface area (Å²) in [4.78, 5) is 29.9. The molecule has 0 bridgehead atoms. The van der Waals surface area contributed by atoms with Crippen LogP contribution in [0.1, 0.15) is 51.7 Å². The minimum Gasteiger partial charge on any atom is -0.328 e. The number of nitrogens with one attached hydrogen (secondary N) is 1. The Morgan fingerprint density at radius 2 is 1.73 bits per heavy atom. The minimum atomic E-state index is -0.777. The van der Waals surface area contributed by atoms with Gasteiger partial charge in [-0.2, -0.15) is 0 Å². The highest BCUT2D eigenvalue weighted by Crippen LogP contribution is 2.32. The third-order valence-electron chi connectivity index (χ3n) is 5.71. The first-order valence-corrected chi connectivity index (χ1v) is 9.63. The van der Waals surface area contributed by atoms with Gasteiger partial charge in [0.25, 0.3) is 0 Å². The van der Waals surface area contributed by atoms with Gasteiger partial charge in [-0.05, 0) is 58.6 Å². The number of hydrogen-bond acceptors (Lipinski definition) is 3. The molecule has 1 aromatic rings. The fraction of sp³-hybridized carbons (Fsp3) is 0.619. The minimum absolute atomic E-state index is 0.0397. The van der Waals surface area contributed by atoms with Gasteiger partial charge in [0.1, 0.15) is 5.54 Å². The molecule has 0 unspecified atom stereocenters. The van der Waals surface area contributed by atoms with Gasteiger partial charge in [0.05, 0.1) is 0 Å². The largest absolute Gasteiger partial charge is 0.328 e. The lowest BCUT2D eigenvalue weighted by Crippen LogP contribution is -2.63. The molecule has 1 heterocycles. The molecule has 26 heavy (non-hydrogen) atoms. The van der Waals surface area contributed by atoms with Crippen LogP contribution in [0.3, 0.4) is 0 Å². The Hall–Kier alpha value is -1.88. The monoisotopic (exact) mass is 359 g/mol. The molecule has 2 rings (SSSR count). The quantitative estimate of drug-likeness (QED) is 0.877. The van der Waals surface area contributed by atoms with Crippen molar-refractivity contribution < 1.29 is 9.59 Å². The first kappa shape index (κ1) is 20.4. The van der Waals surface area contributed by atoms with Gasteiger partial charge >= 0.3 is 0 Å². The third kappa shape index (κ3) is 3.93. The van der Waals surface area contributed by atoms with Crippen molar-refractivity contribution in [1.29, 1.82) is 0 Å². The fourth-order valence-electron chi connectivity index (χ4n) is 4.10. The molecule has 1 aliphatic heterocycles. The van der Waals surface area contributed by atoms with E-state index in [2.05, 4.69) is 24.1 Å². The average Bonchev–Trinajstić information content (AvgIpc) is 2.58. The van der Waals surface area contributed by atoms with Crippen LogP contribution in [-0.4, -0.2) is 52.8 Å². The Morgan fingerprint density at radius 1 is 1.19 bits per heavy atom. The lowest BCUT2D eigenvalue weighted by Gasteiger charge is -2.47. The number of likely N-dealkylation sites (tertiary alicyclic amines) is 1. The Balaban J connectivity index is 2.35. The highest BCUT2D eigenvalue weighted by molar-refractivity contribution is 6.01. The number of anilines is 1. The zero-order chi connectivity index (χ0) is 19.5. The smallest absolute Gasteiger partial charge is 0.250 e. The molecule has 0 aromatic heterocycles. The van der Waals surface area contributed by atoms with Crippen LogP contribution in [0, 0.1) is 13.8 Å². The van der Waals surface area contributed by atoms with E-state index in [9.17, 15) is 9.59 Å². The van der Waals surface area contributed by atoms with Crippen molar-refractivity contribution in [3.05, 3.63) is 29.3 Å². The highest BCUT2D eigenvalue weighted by Gasteiger charge is 2.47. The van der Waals surface area contributed by atoms with E-state index in [1.807, 2.05) is 39.0 Å². The number of aryl methyl sites for hydroxylation is 2. The number of para-hydroxylation sites is 1. The molecule has 1 N–H and O–H groups in total. The molecule has 0 saturated carbocycles. The SMILES string of the molecule is CCN(C(C)=O)C1(C(=O)Nc2c(C)cccc2C)CCN(C(C)C)CC1. The van der Waals surface area contributed by atoms with Crippen LogP contribution in [-0.2, 0) is 9.59 Å². The van der Waals surface area contributed by atoms with E-state index in [0.29, 0.717) is 25.4 Å². The molecule has 1 fully saturated rings. The van der Waals surface area contributed by atoms with Crippen molar-refractivity contribution in [3.63, 3.8) is 0 Å². The van der Waals surface area contributed by atoms with Crippen LogP contribution in [0.2, 0.25) is 0 Å². The van der Waals surface area contributed by atoms with E-state index in [1.54, 1.807) is 11.8 Å². The normalized spacial score (nSPS) is 17.2. The van der Waals surface area contributed by atoms with E-state index in [4.69, 9.17) is 0 Å². The molecule has 5 heteroatoms. The van der Waals surface area contributed by atoms with Gasteiger partial charge in [0, 0.05) is 38.3 Å². The van der Waals surface area contributed by atoms with Gasteiger partial charge < -0.3 is 15.1 Å². The summed E-state index contributed by atoms with van der Waals surface area (Å²) in [6.45, 7) is 14.0. The number of amides is 2. The molecule has 1 aromatic carbocycles. The molecule has 0 spiro atoms. The summed E-state index contributed by atoms with van der Waals surface area (Å²) in [6, 6.07) is 6.44. The van der Waals surface area contributed by atoms with Crippen LogP contribution >= 0.6 is 0 Å². The van der Waals surface area contributed by atoms with Crippen LogP contribution in [0.5, 0.6) is 0 Å². The van der Waals surface area contributed by atoms with Crippen LogP contribution in [0.15, 0.2) is 18.2 Å². The molecule has 5 nitrogen and oxygen atoms in total. The summed E-state index contributed by atoms with van der Waals surface area (Å²) in [7, 11) is 0. The van der Waals surface area contributed by atoms with Gasteiger partial charge in [-0.1, -0.05) is 18.2 Å². The number of hydrogen-bond donors (Lipinski definition) is 1. The standard InChI is InChI=1S/C21H33N3O2/c1-7-24(18(6)25)21(11-13-23(14-12-21)15(2)3)20(26)22-19-16(4)9-8-10-17(19)5/h8-10,15H,7,11-14H2,1-6H3,(H,22,26). The lowest BCUT2D eigenvalue weighted by molar-refractivity contribution is -0.147. The van der Waals surface area contributed by atoms with Crippen LogP contribution in [0.4, 0.5) is 5.69 Å². The van der Waals surface area contributed by atoms with Crippen molar-refractivity contribution >= 4 is 17.5 Å². The maximum Gasteiger partial charge on any atom is 0.250 e. The average molecular weight is 360 g/mol. The predicted molar refractivity (Wildman–Crippen MR) is 106 cm³/mol. The zero-order valence-corrected chi connectivity index (χ0v) is 17.1. The van der Waals surface area contributed by atoms with E-state index in [1.165, 1.54) is 0 Å². The molecule has 1 aliphatic rings. The Morgan fingerprint density at radius 3 is 2.15 bits per heavy atom. The number of carbonyl (C=O) groups is 2. The van der Waals surface area contributed by atoms with Gasteiger partial charge in [-0.25, -0.2) is 0 Å². The summed E-state index contributed by atoms with van der Waals surface area (Å²) in [6.07, 6.45) is 1.32. The van der Waals surface area contributed by atoms with Crippen molar-refractivity contribution in [2.75, 3.05) is 25.0 Å². The molecular formula is C21H33N3O2. The Kier molecular flexibility index (Phi) is 6.45. The number of piperidine rings is 1. The van der Waals surface area contributed by atoms with Gasteiger partial charge in [-0.15, -0.1) is 0 Å². The van der Waals surface area contributed by atoms with E-state index in [0.717, 1.165) is 29.9 Å². The molecule has 0 aliphatic carbocycles. The van der Waals surface area contributed by atoms with Crippen molar-refractivity contribution in [2.45, 2.75) is 66.0 Å². The Bertz CT molecular complexity index is 641. The van der Waals surface area contributed by atoms with Crippen molar-refractivity contribution in [1.82, 2.24) is 9.80 Å². The summed E-state index contributed by atoms with van der Waals surface area (Å²) < 4.78 is 0. The number of benzene rings is 1. The zero-order valence-electron chi connectivity index (χ0n) is 17.1. The van der Waals surface area contributed by atoms with E-state index < -0.39 is 5.54 Å². The van der Waals surface area contributed by atoms with E-state index >= 15 is 0 Å². The predicted octanol–water partition coefficient (Wildman–Crippen LogP) is 3.35. The van der Waals surface area contributed by atoms with Gasteiger partial charge in [0.15, 0.2) is 0 Å². The van der Waals surface area contributed by atoms with Crippen molar-refractivity contribution in [2.24, 2.45) is 0 Å². The number of likely N-dealkylation sites (N-methyl/N-ethyl adjacent to an activating group) is 1. The summed E-state index contributed by atoms with van der Waals surface area (Å²) in [5.74, 6) is -0.0995. The lowest BCUT2D eigenvalue weighted by atomic mass is 9.83. The molecule has 0 radical (unpaired) electrons. The summed E-state index contributed by atoms with van der Waals surface area (Å²) in [5, 5.41) is 3.15.